The van der Waals surface area contributed by atoms with E-state index in [0.29, 0.717) is 25.4 Å². The van der Waals surface area contributed by atoms with Crippen molar-refractivity contribution in [1.29, 1.82) is 5.26 Å². The summed E-state index contributed by atoms with van der Waals surface area (Å²) < 4.78 is 18.7. The number of carbonyl (C=O) groups excluding carboxylic acids is 1. The van der Waals surface area contributed by atoms with Crippen LogP contribution in [0.4, 0.5) is 0 Å². The predicted molar refractivity (Wildman–Crippen MR) is 142 cm³/mol. The first-order chi connectivity index (χ1) is 17.1. The van der Waals surface area contributed by atoms with Gasteiger partial charge in [-0.05, 0) is 41.9 Å². The number of aromatic amines is 1. The largest absolute Gasteiger partial charge is 0.493 e. The van der Waals surface area contributed by atoms with Crippen LogP contribution >= 0.6 is 0 Å². The molecule has 0 radical (unpaired) electrons. The standard InChI is InChI=1S/C28H35N3O4Si/c1-28(2,3)36(4,5)35-25(19-11-13-20(14-12-19)33-16-8-15-29)24-18-34-26(27(32)31-24)22-17-30-23-10-7-6-9-21(22)23/h6-7,9-14,17,24-26,30H,8,16,18H2,1-5H3,(H,31,32)/t24-,25-,26+/m1/s1. The highest BCUT2D eigenvalue weighted by molar-refractivity contribution is 6.74. The number of carbonyl (C=O) groups is 1. The van der Waals surface area contributed by atoms with Crippen molar-refractivity contribution in [3.8, 4) is 11.8 Å². The quantitative estimate of drug-likeness (QED) is 0.299. The first-order valence-corrected chi connectivity index (χ1v) is 15.3. The lowest BCUT2D eigenvalue weighted by Crippen LogP contribution is -2.53. The van der Waals surface area contributed by atoms with Crippen molar-refractivity contribution in [1.82, 2.24) is 10.3 Å². The molecule has 1 aromatic heterocycles. The minimum absolute atomic E-state index is 0.00228. The molecule has 0 bridgehead atoms. The highest BCUT2D eigenvalue weighted by Crippen LogP contribution is 2.41. The fourth-order valence-corrected chi connectivity index (χ4v) is 5.41. The van der Waals surface area contributed by atoms with Crippen LogP contribution in [0.1, 0.15) is 50.5 Å². The molecule has 36 heavy (non-hydrogen) atoms. The number of nitrogens with zero attached hydrogens (tertiary/aromatic N) is 1. The number of nitriles is 1. The summed E-state index contributed by atoms with van der Waals surface area (Å²) in [5.74, 6) is 0.527. The molecule has 1 aliphatic heterocycles. The van der Waals surface area contributed by atoms with Crippen LogP contribution in [0.15, 0.2) is 54.7 Å². The zero-order chi connectivity index (χ0) is 25.9. The van der Waals surface area contributed by atoms with E-state index < -0.39 is 14.4 Å². The van der Waals surface area contributed by atoms with Crippen LogP contribution in [-0.2, 0) is 14.0 Å². The van der Waals surface area contributed by atoms with E-state index in [1.165, 1.54) is 0 Å². The lowest BCUT2D eigenvalue weighted by atomic mass is 9.99. The summed E-state index contributed by atoms with van der Waals surface area (Å²) in [7, 11) is -2.18. The third-order valence-corrected chi connectivity index (χ3v) is 11.7. The Bertz CT molecular complexity index is 1240. The molecule has 4 rings (SSSR count). The number of benzene rings is 2. The Kier molecular flexibility index (Phi) is 7.55. The number of para-hydroxylation sites is 1. The van der Waals surface area contributed by atoms with Crippen molar-refractivity contribution in [3.05, 3.63) is 65.9 Å². The summed E-state index contributed by atoms with van der Waals surface area (Å²) >= 11 is 0. The first-order valence-electron chi connectivity index (χ1n) is 12.4. The third kappa shape index (κ3) is 5.49. The van der Waals surface area contributed by atoms with Crippen molar-refractivity contribution in [3.63, 3.8) is 0 Å². The molecule has 0 unspecified atom stereocenters. The van der Waals surface area contributed by atoms with Crippen LogP contribution in [0.3, 0.4) is 0 Å². The Labute approximate surface area is 213 Å². The van der Waals surface area contributed by atoms with Gasteiger partial charge in [-0.15, -0.1) is 0 Å². The minimum atomic E-state index is -2.18. The second kappa shape index (κ2) is 10.5. The van der Waals surface area contributed by atoms with E-state index >= 15 is 0 Å². The third-order valence-electron chi connectivity index (χ3n) is 7.20. The Hall–Kier alpha value is -3.12. The van der Waals surface area contributed by atoms with Gasteiger partial charge in [-0.3, -0.25) is 4.79 Å². The van der Waals surface area contributed by atoms with Crippen LogP contribution in [0.5, 0.6) is 5.75 Å². The maximum absolute atomic E-state index is 13.3. The predicted octanol–water partition coefficient (Wildman–Crippen LogP) is 5.78. The van der Waals surface area contributed by atoms with Gasteiger partial charge in [0.05, 0.1) is 31.2 Å². The van der Waals surface area contributed by atoms with Crippen molar-refractivity contribution in [2.75, 3.05) is 13.2 Å². The van der Waals surface area contributed by atoms with Gasteiger partial charge in [0.15, 0.2) is 14.4 Å². The summed E-state index contributed by atoms with van der Waals surface area (Å²) in [6.45, 7) is 11.7. The van der Waals surface area contributed by atoms with E-state index in [1.807, 2.05) is 54.7 Å². The van der Waals surface area contributed by atoms with E-state index in [2.05, 4.69) is 50.2 Å². The number of H-pyrrole nitrogens is 1. The Morgan fingerprint density at radius 2 is 1.89 bits per heavy atom. The molecule has 190 valence electrons. The highest BCUT2D eigenvalue weighted by atomic mass is 28.4. The molecule has 1 saturated heterocycles. The topological polar surface area (TPSA) is 96.4 Å². The molecule has 7 nitrogen and oxygen atoms in total. The van der Waals surface area contributed by atoms with Crippen LogP contribution in [0.2, 0.25) is 18.1 Å². The highest BCUT2D eigenvalue weighted by Gasteiger charge is 2.43. The average Bonchev–Trinajstić information content (AvgIpc) is 3.26. The van der Waals surface area contributed by atoms with Gasteiger partial charge in [0.2, 0.25) is 0 Å². The smallest absolute Gasteiger partial charge is 0.254 e. The van der Waals surface area contributed by atoms with Gasteiger partial charge in [0.25, 0.3) is 5.91 Å². The molecule has 8 heteroatoms. The van der Waals surface area contributed by atoms with Gasteiger partial charge in [0.1, 0.15) is 12.4 Å². The molecule has 3 atom stereocenters. The number of hydrogen-bond donors (Lipinski definition) is 2. The number of morpholine rings is 1. The number of fused-ring (bicyclic) bond motifs is 1. The molecule has 0 spiro atoms. The zero-order valence-electron chi connectivity index (χ0n) is 21.6. The number of aromatic nitrogens is 1. The molecule has 3 aromatic rings. The van der Waals surface area contributed by atoms with E-state index in [4.69, 9.17) is 19.2 Å². The van der Waals surface area contributed by atoms with Crippen molar-refractivity contribution in [2.24, 2.45) is 0 Å². The van der Waals surface area contributed by atoms with E-state index in [9.17, 15) is 4.79 Å². The van der Waals surface area contributed by atoms with E-state index in [-0.39, 0.29) is 23.1 Å². The van der Waals surface area contributed by atoms with Gasteiger partial charge >= 0.3 is 0 Å². The van der Waals surface area contributed by atoms with Gasteiger partial charge in [0, 0.05) is 22.7 Å². The van der Waals surface area contributed by atoms with Crippen LogP contribution in [-0.4, -0.2) is 38.5 Å². The Morgan fingerprint density at radius 3 is 2.56 bits per heavy atom. The SMILES string of the molecule is CC(C)(C)[Si](C)(C)O[C@H](c1ccc(OCCC#N)cc1)[C@H]1CO[C@@H](c2c[nH]c3ccccc23)C(=O)N1. The van der Waals surface area contributed by atoms with Gasteiger partial charge in [-0.25, -0.2) is 0 Å². The summed E-state index contributed by atoms with van der Waals surface area (Å²) in [4.78, 5) is 16.5. The van der Waals surface area contributed by atoms with Gasteiger partial charge in [-0.1, -0.05) is 51.1 Å². The molecular formula is C28H35N3O4Si. The fourth-order valence-electron chi connectivity index (χ4n) is 4.13. The van der Waals surface area contributed by atoms with Crippen molar-refractivity contribution >= 4 is 25.1 Å². The zero-order valence-corrected chi connectivity index (χ0v) is 22.6. The second-order valence-corrected chi connectivity index (χ2v) is 15.5. The Balaban J connectivity index is 1.57. The van der Waals surface area contributed by atoms with Crippen LogP contribution < -0.4 is 10.1 Å². The molecule has 1 amide bonds. The molecule has 2 N–H and O–H groups in total. The van der Waals surface area contributed by atoms with Crippen molar-refractivity contribution in [2.45, 2.75) is 63.6 Å². The Morgan fingerprint density at radius 1 is 1.17 bits per heavy atom. The normalized spacial score (nSPS) is 19.5. The fraction of sp³-hybridized carbons (Fsp3) is 0.429. The lowest BCUT2D eigenvalue weighted by Gasteiger charge is -2.43. The molecule has 1 aliphatic rings. The number of amides is 1. The van der Waals surface area contributed by atoms with Gasteiger partial charge < -0.3 is 24.2 Å². The number of ether oxygens (including phenoxy) is 2. The number of hydrogen-bond acceptors (Lipinski definition) is 5. The average molecular weight is 506 g/mol. The molecule has 1 fully saturated rings. The summed E-state index contributed by atoms with van der Waals surface area (Å²) in [6.07, 6.45) is 1.14. The van der Waals surface area contributed by atoms with Crippen LogP contribution in [0.25, 0.3) is 10.9 Å². The summed E-state index contributed by atoms with van der Waals surface area (Å²) in [6, 6.07) is 17.4. The minimum Gasteiger partial charge on any atom is -0.493 e. The maximum atomic E-state index is 13.3. The monoisotopic (exact) mass is 505 g/mol. The maximum Gasteiger partial charge on any atom is 0.254 e. The molecule has 2 heterocycles. The molecule has 0 aliphatic carbocycles. The van der Waals surface area contributed by atoms with Crippen molar-refractivity contribution < 1.29 is 18.7 Å². The van der Waals surface area contributed by atoms with Gasteiger partial charge in [-0.2, -0.15) is 5.26 Å². The first kappa shape index (κ1) is 26.0. The molecule has 0 saturated carbocycles. The van der Waals surface area contributed by atoms with E-state index in [1.54, 1.807) is 0 Å². The summed E-state index contributed by atoms with van der Waals surface area (Å²) in [5.41, 5.74) is 2.76. The second-order valence-electron chi connectivity index (χ2n) is 10.7. The molecule has 2 aromatic carbocycles. The number of rotatable bonds is 8. The van der Waals surface area contributed by atoms with Crippen LogP contribution in [0, 0.1) is 11.3 Å². The van der Waals surface area contributed by atoms with E-state index in [0.717, 1.165) is 22.0 Å². The lowest BCUT2D eigenvalue weighted by molar-refractivity contribution is -0.144. The summed E-state index contributed by atoms with van der Waals surface area (Å²) in [5, 5.41) is 12.9. The number of nitrogens with one attached hydrogen (secondary N) is 2. The molecular weight excluding hydrogens is 470 g/mol.